The van der Waals surface area contributed by atoms with Crippen LogP contribution in [0.5, 0.6) is 0 Å². The number of β-amino-alcohol motifs (C(OH)–C–C–N with tert-alkyl or cyclic N) is 1. The second kappa shape index (κ2) is 3.91. The maximum absolute atomic E-state index is 10.5. The molecule has 1 aliphatic heterocycles. The molecule has 0 bridgehead atoms. The van der Waals surface area contributed by atoms with E-state index in [9.17, 15) is 5.11 Å². The van der Waals surface area contributed by atoms with Gasteiger partial charge in [-0.15, -0.1) is 0 Å². The monoisotopic (exact) mass is 144 g/mol. The summed E-state index contributed by atoms with van der Waals surface area (Å²) in [5.41, 5.74) is 0. The van der Waals surface area contributed by atoms with Crippen LogP contribution in [-0.2, 0) is 5.11 Å². The van der Waals surface area contributed by atoms with Crippen LogP contribution >= 0.6 is 0 Å². The number of rotatable bonds is 3. The van der Waals surface area contributed by atoms with Crippen LogP contribution in [-0.4, -0.2) is 42.4 Å². The summed E-state index contributed by atoms with van der Waals surface area (Å²) in [6, 6.07) is 0.201. The van der Waals surface area contributed by atoms with E-state index in [0.717, 1.165) is 19.4 Å². The van der Waals surface area contributed by atoms with Gasteiger partial charge in [0.15, 0.2) is 0 Å². The first-order valence-electron chi connectivity index (χ1n) is 3.81. The summed E-state index contributed by atoms with van der Waals surface area (Å²) in [5, 5.41) is 19.1. The molecule has 1 aliphatic rings. The summed E-state index contributed by atoms with van der Waals surface area (Å²) < 4.78 is 0. The van der Waals surface area contributed by atoms with Crippen molar-refractivity contribution in [2.45, 2.75) is 18.9 Å². The summed E-state index contributed by atoms with van der Waals surface area (Å²) in [4.78, 5) is 2.08. The molecular formula is C7H14NO2. The number of hydrogen-bond acceptors (Lipinski definition) is 2. The number of aliphatic hydroxyl groups is 1. The van der Waals surface area contributed by atoms with Crippen molar-refractivity contribution in [3.05, 3.63) is 0 Å². The zero-order valence-electron chi connectivity index (χ0n) is 6.12. The third-order valence-corrected chi connectivity index (χ3v) is 2.08. The second-order valence-corrected chi connectivity index (χ2v) is 2.72. The van der Waals surface area contributed by atoms with E-state index < -0.39 is 0 Å². The van der Waals surface area contributed by atoms with Gasteiger partial charge < -0.3 is 5.11 Å². The maximum atomic E-state index is 10.5. The minimum absolute atomic E-state index is 0.0139. The van der Waals surface area contributed by atoms with Crippen molar-refractivity contribution in [3.8, 4) is 0 Å². The molecule has 0 aliphatic carbocycles. The molecule has 1 N–H and O–H groups in total. The first-order chi connectivity index (χ1) is 4.88. The van der Waals surface area contributed by atoms with E-state index in [1.165, 1.54) is 0 Å². The van der Waals surface area contributed by atoms with Gasteiger partial charge in [-0.2, -0.15) is 0 Å². The van der Waals surface area contributed by atoms with Crippen LogP contribution < -0.4 is 0 Å². The Balaban J connectivity index is 2.27. The average molecular weight is 144 g/mol. The summed E-state index contributed by atoms with van der Waals surface area (Å²) in [5.74, 6) is 0. The molecule has 0 aromatic carbocycles. The molecule has 0 aromatic heterocycles. The first-order valence-corrected chi connectivity index (χ1v) is 3.81. The van der Waals surface area contributed by atoms with Crippen LogP contribution in [0.3, 0.4) is 0 Å². The van der Waals surface area contributed by atoms with E-state index in [2.05, 4.69) is 4.90 Å². The molecule has 1 fully saturated rings. The lowest BCUT2D eigenvalue weighted by molar-refractivity contribution is 0.0946. The highest BCUT2D eigenvalue weighted by Crippen LogP contribution is 2.15. The summed E-state index contributed by atoms with van der Waals surface area (Å²) in [6.07, 6.45) is 2.14. The highest BCUT2D eigenvalue weighted by atomic mass is 16.3. The Labute approximate surface area is 61.3 Å². The van der Waals surface area contributed by atoms with E-state index in [4.69, 9.17) is 5.11 Å². The van der Waals surface area contributed by atoms with Gasteiger partial charge in [-0.3, -0.25) is 4.90 Å². The van der Waals surface area contributed by atoms with E-state index >= 15 is 0 Å². The van der Waals surface area contributed by atoms with Gasteiger partial charge in [-0.25, -0.2) is 5.11 Å². The lowest BCUT2D eigenvalue weighted by Crippen LogP contribution is -2.33. The van der Waals surface area contributed by atoms with Crippen molar-refractivity contribution in [1.82, 2.24) is 4.90 Å². The maximum Gasteiger partial charge on any atom is 0.0977 e. The van der Waals surface area contributed by atoms with Crippen LogP contribution in [0.2, 0.25) is 0 Å². The zero-order valence-corrected chi connectivity index (χ0v) is 6.12. The van der Waals surface area contributed by atoms with E-state index in [1.807, 2.05) is 0 Å². The predicted octanol–water partition coefficient (Wildman–Crippen LogP) is -0.126. The van der Waals surface area contributed by atoms with Crippen molar-refractivity contribution in [2.75, 3.05) is 26.3 Å². The molecular weight excluding hydrogens is 130 g/mol. The minimum atomic E-state index is -0.0139. The highest BCUT2D eigenvalue weighted by Gasteiger charge is 2.22. The fourth-order valence-electron chi connectivity index (χ4n) is 1.51. The molecule has 0 spiro atoms. The van der Waals surface area contributed by atoms with Gasteiger partial charge >= 0.3 is 0 Å². The fourth-order valence-corrected chi connectivity index (χ4v) is 1.51. The van der Waals surface area contributed by atoms with Crippen molar-refractivity contribution >= 4 is 0 Å². The molecule has 10 heavy (non-hydrogen) atoms. The summed E-state index contributed by atoms with van der Waals surface area (Å²) in [6.45, 7) is 1.83. The van der Waals surface area contributed by atoms with Crippen molar-refractivity contribution < 1.29 is 10.2 Å². The Kier molecular flexibility index (Phi) is 3.12. The average Bonchev–Trinajstić information content (AvgIpc) is 2.36. The molecule has 0 amide bonds. The Morgan fingerprint density at radius 1 is 1.60 bits per heavy atom. The number of hydrogen-bond donors (Lipinski definition) is 1. The number of likely N-dealkylation sites (tertiary alicyclic amines) is 1. The van der Waals surface area contributed by atoms with Crippen LogP contribution in [0, 0.1) is 0 Å². The molecule has 0 saturated carbocycles. The topological polar surface area (TPSA) is 43.4 Å². The lowest BCUT2D eigenvalue weighted by Gasteiger charge is -2.20. The van der Waals surface area contributed by atoms with Crippen molar-refractivity contribution in [1.29, 1.82) is 0 Å². The van der Waals surface area contributed by atoms with Crippen LogP contribution in [0.15, 0.2) is 0 Å². The molecule has 1 heterocycles. The molecule has 1 saturated heterocycles. The summed E-state index contributed by atoms with van der Waals surface area (Å²) >= 11 is 0. The Hall–Kier alpha value is -0.120. The largest absolute Gasteiger partial charge is 0.395 e. The first kappa shape index (κ1) is 7.98. The third kappa shape index (κ3) is 1.68. The minimum Gasteiger partial charge on any atom is -0.395 e. The molecule has 3 heteroatoms. The quantitative estimate of drug-likeness (QED) is 0.599. The van der Waals surface area contributed by atoms with Gasteiger partial charge in [-0.05, 0) is 19.4 Å². The van der Waals surface area contributed by atoms with Crippen molar-refractivity contribution in [2.24, 2.45) is 0 Å². The molecule has 0 aromatic rings. The smallest absolute Gasteiger partial charge is 0.0977 e. The van der Waals surface area contributed by atoms with E-state index in [1.54, 1.807) is 0 Å². The molecule has 1 radical (unpaired) electrons. The SMILES string of the molecule is [O]C[C@@H]1CCCN1CCO. The van der Waals surface area contributed by atoms with Gasteiger partial charge in [0.1, 0.15) is 0 Å². The van der Waals surface area contributed by atoms with Crippen LogP contribution in [0.4, 0.5) is 0 Å². The molecule has 1 rings (SSSR count). The van der Waals surface area contributed by atoms with Gasteiger partial charge in [0.2, 0.25) is 0 Å². The Morgan fingerprint density at radius 2 is 2.40 bits per heavy atom. The predicted molar refractivity (Wildman–Crippen MR) is 37.2 cm³/mol. The normalized spacial score (nSPS) is 27.6. The molecule has 0 unspecified atom stereocenters. The fraction of sp³-hybridized carbons (Fsp3) is 1.00. The van der Waals surface area contributed by atoms with E-state index in [0.29, 0.717) is 6.54 Å². The highest BCUT2D eigenvalue weighted by molar-refractivity contribution is 4.77. The van der Waals surface area contributed by atoms with Gasteiger partial charge in [-0.1, -0.05) is 0 Å². The van der Waals surface area contributed by atoms with Crippen LogP contribution in [0.1, 0.15) is 12.8 Å². The Bertz CT molecular complexity index is 97.6. The molecule has 59 valence electrons. The third-order valence-electron chi connectivity index (χ3n) is 2.08. The summed E-state index contributed by atoms with van der Waals surface area (Å²) in [7, 11) is 0. The standard InChI is InChI=1S/C7H14NO2/c9-5-4-8-3-1-2-7(8)6-10/h7,9H,1-6H2/t7-/m0/s1. The van der Waals surface area contributed by atoms with Gasteiger partial charge in [0.25, 0.3) is 0 Å². The van der Waals surface area contributed by atoms with Gasteiger partial charge in [0, 0.05) is 12.6 Å². The Morgan fingerprint density at radius 3 is 3.00 bits per heavy atom. The molecule has 1 atom stereocenters. The molecule has 3 nitrogen and oxygen atoms in total. The van der Waals surface area contributed by atoms with E-state index in [-0.39, 0.29) is 19.3 Å². The van der Waals surface area contributed by atoms with Crippen LogP contribution in [0.25, 0.3) is 0 Å². The number of aliphatic hydroxyl groups excluding tert-OH is 1. The van der Waals surface area contributed by atoms with Crippen molar-refractivity contribution in [3.63, 3.8) is 0 Å². The van der Waals surface area contributed by atoms with Gasteiger partial charge in [0.05, 0.1) is 13.2 Å². The number of nitrogens with zero attached hydrogens (tertiary/aromatic N) is 1. The lowest BCUT2D eigenvalue weighted by atomic mass is 10.2. The second-order valence-electron chi connectivity index (χ2n) is 2.72. The zero-order chi connectivity index (χ0) is 7.40.